The number of benzene rings is 2. The standard InChI is InChI=1S/C28H36F2N4O3S/c29-21-16-19(17-22(30)18-21)9-13-34(14-10-25(36)32-23-4-2-1-3-5-23)15-12-31-11-8-20-6-7-24(35)26-27(20)38-28(37)33-26/h6-7,16-18,23,31,35H,1-5,8-15H2,(H,32,36)(H,33,37). The number of hydrogen-bond donors (Lipinski definition) is 4. The lowest BCUT2D eigenvalue weighted by atomic mass is 9.95. The van der Waals surface area contributed by atoms with Gasteiger partial charge in [0.25, 0.3) is 0 Å². The zero-order valence-corrected chi connectivity index (χ0v) is 22.3. The summed E-state index contributed by atoms with van der Waals surface area (Å²) in [6.45, 7) is 3.17. The Morgan fingerprint density at radius 3 is 2.55 bits per heavy atom. The largest absolute Gasteiger partial charge is 0.506 e. The average molecular weight is 547 g/mol. The number of aromatic amines is 1. The molecule has 0 bridgehead atoms. The number of amides is 1. The molecule has 4 N–H and O–H groups in total. The van der Waals surface area contributed by atoms with Gasteiger partial charge in [-0.25, -0.2) is 8.78 Å². The molecule has 7 nitrogen and oxygen atoms in total. The minimum atomic E-state index is -0.587. The molecule has 0 unspecified atom stereocenters. The molecule has 0 radical (unpaired) electrons. The molecule has 3 aromatic rings. The lowest BCUT2D eigenvalue weighted by Gasteiger charge is -2.25. The molecule has 206 valence electrons. The second-order valence-electron chi connectivity index (χ2n) is 9.98. The summed E-state index contributed by atoms with van der Waals surface area (Å²) in [6, 6.07) is 7.26. The molecule has 1 amide bonds. The fourth-order valence-corrected chi connectivity index (χ4v) is 5.94. The normalized spacial score (nSPS) is 14.4. The zero-order valence-electron chi connectivity index (χ0n) is 21.5. The molecular formula is C28H36F2N4O3S. The summed E-state index contributed by atoms with van der Waals surface area (Å²) in [5, 5.41) is 16.5. The Bertz CT molecular complexity index is 1250. The highest BCUT2D eigenvalue weighted by molar-refractivity contribution is 7.16. The first-order valence-corrected chi connectivity index (χ1v) is 14.2. The first-order valence-electron chi connectivity index (χ1n) is 13.4. The molecular weight excluding hydrogens is 510 g/mol. The number of aromatic nitrogens is 1. The van der Waals surface area contributed by atoms with Crippen molar-refractivity contribution in [2.45, 2.75) is 57.4 Å². The number of carbonyl (C=O) groups is 1. The number of thiazole rings is 1. The lowest BCUT2D eigenvalue weighted by molar-refractivity contribution is -0.122. The zero-order chi connectivity index (χ0) is 26.9. The SMILES string of the molecule is O=C(CCN(CCNCCc1ccc(O)c2[nH]c(=O)sc12)CCc1cc(F)cc(F)c1)NC1CCCCC1. The van der Waals surface area contributed by atoms with Crippen LogP contribution in [-0.4, -0.2) is 59.7 Å². The fourth-order valence-electron chi connectivity index (χ4n) is 5.04. The molecule has 10 heteroatoms. The van der Waals surface area contributed by atoms with Crippen LogP contribution in [0.2, 0.25) is 0 Å². The van der Waals surface area contributed by atoms with Crippen LogP contribution < -0.4 is 15.5 Å². The number of phenolic OH excluding ortho intramolecular Hbond substituents is 1. The highest BCUT2D eigenvalue weighted by atomic mass is 32.1. The van der Waals surface area contributed by atoms with Crippen molar-refractivity contribution in [1.29, 1.82) is 0 Å². The van der Waals surface area contributed by atoms with Gasteiger partial charge in [-0.3, -0.25) is 9.59 Å². The average Bonchev–Trinajstić information content (AvgIpc) is 3.29. The molecule has 0 atom stereocenters. The van der Waals surface area contributed by atoms with Crippen LogP contribution in [-0.2, 0) is 17.6 Å². The summed E-state index contributed by atoms with van der Waals surface area (Å²) in [4.78, 5) is 28.9. The van der Waals surface area contributed by atoms with E-state index in [0.29, 0.717) is 63.1 Å². The van der Waals surface area contributed by atoms with Crippen LogP contribution in [0.4, 0.5) is 8.78 Å². The molecule has 2 aromatic carbocycles. The van der Waals surface area contributed by atoms with Crippen molar-refractivity contribution in [1.82, 2.24) is 20.5 Å². The van der Waals surface area contributed by atoms with Gasteiger partial charge in [0.15, 0.2) is 0 Å². The third kappa shape index (κ3) is 8.34. The molecule has 1 heterocycles. The second-order valence-corrected chi connectivity index (χ2v) is 11.0. The lowest BCUT2D eigenvalue weighted by Crippen LogP contribution is -2.40. The summed E-state index contributed by atoms with van der Waals surface area (Å²) in [5.74, 6) is -1.06. The van der Waals surface area contributed by atoms with Crippen LogP contribution >= 0.6 is 11.3 Å². The van der Waals surface area contributed by atoms with Crippen LogP contribution in [0.5, 0.6) is 5.75 Å². The first-order chi connectivity index (χ1) is 18.4. The molecule has 1 aliphatic rings. The van der Waals surface area contributed by atoms with Crippen molar-refractivity contribution in [3.8, 4) is 5.75 Å². The van der Waals surface area contributed by atoms with Gasteiger partial charge in [-0.05, 0) is 61.6 Å². The second kappa shape index (κ2) is 13.8. The number of fused-ring (bicyclic) bond motifs is 1. The van der Waals surface area contributed by atoms with Gasteiger partial charge in [0.1, 0.15) is 22.9 Å². The molecule has 0 spiro atoms. The third-order valence-electron chi connectivity index (χ3n) is 7.08. The quantitative estimate of drug-likeness (QED) is 0.242. The maximum atomic E-state index is 13.6. The van der Waals surface area contributed by atoms with Crippen molar-refractivity contribution >= 4 is 27.5 Å². The van der Waals surface area contributed by atoms with E-state index in [-0.39, 0.29) is 22.6 Å². The van der Waals surface area contributed by atoms with Crippen LogP contribution in [0.3, 0.4) is 0 Å². The maximum Gasteiger partial charge on any atom is 0.305 e. The highest BCUT2D eigenvalue weighted by Crippen LogP contribution is 2.27. The minimum absolute atomic E-state index is 0.0495. The van der Waals surface area contributed by atoms with E-state index in [1.807, 2.05) is 6.07 Å². The summed E-state index contributed by atoms with van der Waals surface area (Å²) < 4.78 is 28.0. The van der Waals surface area contributed by atoms with Crippen LogP contribution in [0.1, 0.15) is 49.7 Å². The van der Waals surface area contributed by atoms with Crippen molar-refractivity contribution in [2.75, 3.05) is 32.7 Å². The Balaban J connectivity index is 1.27. The molecule has 1 aromatic heterocycles. The Morgan fingerprint density at radius 1 is 1.03 bits per heavy atom. The van der Waals surface area contributed by atoms with Crippen LogP contribution in [0, 0.1) is 11.6 Å². The summed E-state index contributed by atoms with van der Waals surface area (Å²) in [7, 11) is 0. The summed E-state index contributed by atoms with van der Waals surface area (Å²) in [6.07, 6.45) is 7.18. The van der Waals surface area contributed by atoms with Gasteiger partial charge in [-0.2, -0.15) is 0 Å². The number of rotatable bonds is 13. The Kier molecular flexibility index (Phi) is 10.3. The number of phenols is 1. The van der Waals surface area contributed by atoms with E-state index in [0.717, 1.165) is 53.3 Å². The van der Waals surface area contributed by atoms with Gasteiger partial charge in [0, 0.05) is 44.7 Å². The van der Waals surface area contributed by atoms with Gasteiger partial charge in [0.05, 0.1) is 4.70 Å². The molecule has 4 rings (SSSR count). The predicted molar refractivity (Wildman–Crippen MR) is 147 cm³/mol. The number of H-pyrrole nitrogens is 1. The summed E-state index contributed by atoms with van der Waals surface area (Å²) in [5.41, 5.74) is 2.05. The van der Waals surface area contributed by atoms with Crippen LogP contribution in [0.15, 0.2) is 35.1 Å². The van der Waals surface area contributed by atoms with Crippen molar-refractivity contribution in [3.63, 3.8) is 0 Å². The van der Waals surface area contributed by atoms with E-state index in [4.69, 9.17) is 0 Å². The topological polar surface area (TPSA) is 97.5 Å². The van der Waals surface area contributed by atoms with Crippen molar-refractivity contribution in [2.24, 2.45) is 0 Å². The number of halogens is 2. The summed E-state index contributed by atoms with van der Waals surface area (Å²) >= 11 is 1.09. The number of hydrogen-bond acceptors (Lipinski definition) is 6. The molecule has 1 saturated carbocycles. The van der Waals surface area contributed by atoms with E-state index in [1.165, 1.54) is 18.6 Å². The molecule has 38 heavy (non-hydrogen) atoms. The van der Waals surface area contributed by atoms with Gasteiger partial charge in [0.2, 0.25) is 5.91 Å². The highest BCUT2D eigenvalue weighted by Gasteiger charge is 2.17. The number of aromatic hydroxyl groups is 1. The molecule has 0 aliphatic heterocycles. The van der Waals surface area contributed by atoms with Gasteiger partial charge in [-0.15, -0.1) is 0 Å². The van der Waals surface area contributed by atoms with Gasteiger partial charge < -0.3 is 25.6 Å². The van der Waals surface area contributed by atoms with E-state index < -0.39 is 11.6 Å². The van der Waals surface area contributed by atoms with E-state index in [1.54, 1.807) is 6.07 Å². The number of nitrogens with one attached hydrogen (secondary N) is 3. The minimum Gasteiger partial charge on any atom is -0.506 e. The van der Waals surface area contributed by atoms with E-state index >= 15 is 0 Å². The van der Waals surface area contributed by atoms with E-state index in [9.17, 15) is 23.5 Å². The maximum absolute atomic E-state index is 13.6. The number of nitrogens with zero attached hydrogens (tertiary/aromatic N) is 1. The fraction of sp³-hybridized carbons (Fsp3) is 0.500. The third-order valence-corrected chi connectivity index (χ3v) is 8.04. The van der Waals surface area contributed by atoms with Gasteiger partial charge >= 0.3 is 4.87 Å². The first kappa shape index (κ1) is 28.2. The number of carbonyl (C=O) groups excluding carboxylic acids is 1. The Hall–Kier alpha value is -2.82. The Labute approximate surface area is 225 Å². The van der Waals surface area contributed by atoms with Crippen molar-refractivity contribution < 1.29 is 18.7 Å². The monoisotopic (exact) mass is 546 g/mol. The van der Waals surface area contributed by atoms with Crippen LogP contribution in [0.25, 0.3) is 10.2 Å². The smallest absolute Gasteiger partial charge is 0.305 e. The molecule has 1 fully saturated rings. The Morgan fingerprint density at radius 2 is 1.79 bits per heavy atom. The van der Waals surface area contributed by atoms with Crippen molar-refractivity contribution in [3.05, 3.63) is 62.8 Å². The van der Waals surface area contributed by atoms with E-state index in [2.05, 4.69) is 20.5 Å². The molecule has 0 saturated heterocycles. The molecule has 1 aliphatic carbocycles. The van der Waals surface area contributed by atoms with Gasteiger partial charge in [-0.1, -0.05) is 36.7 Å². The predicted octanol–water partition coefficient (Wildman–Crippen LogP) is 4.09.